The molecule has 1 amide bonds. The van der Waals surface area contributed by atoms with Crippen molar-refractivity contribution >= 4 is 17.4 Å². The summed E-state index contributed by atoms with van der Waals surface area (Å²) in [6.45, 7) is 5.63. The normalized spacial score (nSPS) is 10.7. The van der Waals surface area contributed by atoms with Gasteiger partial charge in [0.05, 0.1) is 17.8 Å². The predicted molar refractivity (Wildman–Crippen MR) is 107 cm³/mol. The number of hydrogen-bond acceptors (Lipinski definition) is 5. The molecule has 2 aromatic heterocycles. The zero-order valence-electron chi connectivity index (χ0n) is 16.5. The molecular formula is C22H23N3O3. The highest BCUT2D eigenvalue weighted by atomic mass is 16.5. The number of aryl methyl sites for hydroxylation is 2. The van der Waals surface area contributed by atoms with E-state index in [1.165, 1.54) is 0 Å². The first-order valence-corrected chi connectivity index (χ1v) is 9.18. The molecule has 3 rings (SSSR count). The second-order valence-corrected chi connectivity index (χ2v) is 6.77. The van der Waals surface area contributed by atoms with Gasteiger partial charge in [-0.25, -0.2) is 0 Å². The molecule has 2 heterocycles. The number of ketones is 1. The predicted octanol–water partition coefficient (Wildman–Crippen LogP) is 4.15. The van der Waals surface area contributed by atoms with Gasteiger partial charge in [0.15, 0.2) is 5.78 Å². The third-order valence-corrected chi connectivity index (χ3v) is 4.63. The van der Waals surface area contributed by atoms with Gasteiger partial charge in [-0.2, -0.15) is 0 Å². The van der Waals surface area contributed by atoms with E-state index in [0.717, 1.165) is 28.2 Å². The van der Waals surface area contributed by atoms with Crippen LogP contribution in [0.25, 0.3) is 11.3 Å². The van der Waals surface area contributed by atoms with Gasteiger partial charge in [-0.3, -0.25) is 14.6 Å². The Labute approximate surface area is 164 Å². The van der Waals surface area contributed by atoms with Crippen LogP contribution in [0.15, 0.2) is 47.1 Å². The Morgan fingerprint density at radius 3 is 2.46 bits per heavy atom. The number of Topliss-reactive ketones (excluding diaryl/α,β-unsaturated/α-hetero) is 1. The van der Waals surface area contributed by atoms with Crippen LogP contribution in [-0.2, 0) is 11.2 Å². The van der Waals surface area contributed by atoms with Gasteiger partial charge >= 0.3 is 0 Å². The number of nitrogens with zero attached hydrogens (tertiary/aromatic N) is 3. The highest BCUT2D eigenvalue weighted by molar-refractivity contribution is 5.97. The smallest absolute Gasteiger partial charge is 0.226 e. The molecule has 144 valence electrons. The molecule has 6 nitrogen and oxygen atoms in total. The fraction of sp³-hybridized carbons (Fsp3) is 0.273. The largest absolute Gasteiger partial charge is 0.361 e. The van der Waals surface area contributed by atoms with Crippen molar-refractivity contribution in [1.82, 2.24) is 10.1 Å². The summed E-state index contributed by atoms with van der Waals surface area (Å²) in [6.07, 6.45) is 2.20. The van der Waals surface area contributed by atoms with Crippen molar-refractivity contribution in [2.24, 2.45) is 0 Å². The Balaban J connectivity index is 1.77. The van der Waals surface area contributed by atoms with Gasteiger partial charge < -0.3 is 9.42 Å². The number of hydrogen-bond donors (Lipinski definition) is 0. The first-order valence-electron chi connectivity index (χ1n) is 9.18. The van der Waals surface area contributed by atoms with Gasteiger partial charge in [-0.1, -0.05) is 18.1 Å². The Morgan fingerprint density at radius 2 is 1.89 bits per heavy atom. The molecule has 0 aliphatic heterocycles. The topological polar surface area (TPSA) is 76.3 Å². The average Bonchev–Trinajstić information content (AvgIpc) is 3.11. The first kappa shape index (κ1) is 19.5. The van der Waals surface area contributed by atoms with E-state index in [9.17, 15) is 9.59 Å². The summed E-state index contributed by atoms with van der Waals surface area (Å²) in [5.74, 6) is 0.545. The van der Waals surface area contributed by atoms with Gasteiger partial charge in [0.2, 0.25) is 5.91 Å². The third-order valence-electron chi connectivity index (χ3n) is 4.63. The second-order valence-electron chi connectivity index (χ2n) is 6.77. The van der Waals surface area contributed by atoms with E-state index in [1.54, 1.807) is 30.3 Å². The van der Waals surface area contributed by atoms with Gasteiger partial charge in [-0.15, -0.1) is 0 Å². The molecule has 3 aromatic rings. The van der Waals surface area contributed by atoms with Crippen molar-refractivity contribution in [1.29, 1.82) is 0 Å². The van der Waals surface area contributed by atoms with E-state index in [-0.39, 0.29) is 18.1 Å². The highest BCUT2D eigenvalue weighted by Crippen LogP contribution is 2.26. The molecule has 0 spiro atoms. The summed E-state index contributed by atoms with van der Waals surface area (Å²) in [4.78, 5) is 30.4. The summed E-state index contributed by atoms with van der Waals surface area (Å²) in [5.41, 5.74) is 4.85. The zero-order chi connectivity index (χ0) is 20.3. The molecule has 0 N–H and O–H groups in total. The SMILES string of the molecule is CCC(=O)N(C)c1ccc(-c2ccc(C(=O)Cc3cc(C)no3)cn2)cc1C. The molecule has 0 bridgehead atoms. The molecular weight excluding hydrogens is 354 g/mol. The molecule has 0 saturated carbocycles. The van der Waals surface area contributed by atoms with Crippen LogP contribution >= 0.6 is 0 Å². The standard InChI is InChI=1S/C22H23N3O3/c1-5-22(27)25(4)20-9-7-16(10-14(20)2)19-8-6-17(13-23-19)21(26)12-18-11-15(3)24-28-18/h6-11,13H,5,12H2,1-4H3. The zero-order valence-corrected chi connectivity index (χ0v) is 16.5. The van der Waals surface area contributed by atoms with Crippen molar-refractivity contribution in [3.8, 4) is 11.3 Å². The van der Waals surface area contributed by atoms with Crippen LogP contribution < -0.4 is 4.90 Å². The third kappa shape index (κ3) is 4.17. The van der Waals surface area contributed by atoms with Crippen molar-refractivity contribution in [2.45, 2.75) is 33.6 Å². The fourth-order valence-electron chi connectivity index (χ4n) is 3.05. The lowest BCUT2D eigenvalue weighted by Crippen LogP contribution is -2.25. The van der Waals surface area contributed by atoms with Crippen LogP contribution in [0, 0.1) is 13.8 Å². The molecule has 6 heteroatoms. The molecule has 1 aromatic carbocycles. The van der Waals surface area contributed by atoms with E-state index >= 15 is 0 Å². The fourth-order valence-corrected chi connectivity index (χ4v) is 3.05. The quantitative estimate of drug-likeness (QED) is 0.603. The lowest BCUT2D eigenvalue weighted by molar-refractivity contribution is -0.118. The monoisotopic (exact) mass is 377 g/mol. The Kier molecular flexibility index (Phi) is 5.68. The van der Waals surface area contributed by atoms with E-state index in [2.05, 4.69) is 10.1 Å². The minimum Gasteiger partial charge on any atom is -0.361 e. The number of pyridine rings is 1. The Morgan fingerprint density at radius 1 is 1.11 bits per heavy atom. The minimum atomic E-state index is -0.0681. The van der Waals surface area contributed by atoms with Crippen molar-refractivity contribution < 1.29 is 14.1 Å². The number of aromatic nitrogens is 2. The van der Waals surface area contributed by atoms with Gasteiger partial charge in [0.1, 0.15) is 5.76 Å². The molecule has 0 unspecified atom stereocenters. The Hall–Kier alpha value is -3.28. The molecule has 0 radical (unpaired) electrons. The maximum absolute atomic E-state index is 12.4. The summed E-state index contributed by atoms with van der Waals surface area (Å²) in [7, 11) is 1.78. The second kappa shape index (κ2) is 8.17. The van der Waals surface area contributed by atoms with Gasteiger partial charge in [0.25, 0.3) is 0 Å². The number of carbonyl (C=O) groups excluding carboxylic acids is 2. The molecule has 0 fully saturated rings. The van der Waals surface area contributed by atoms with Crippen molar-refractivity contribution in [3.05, 3.63) is 65.2 Å². The maximum Gasteiger partial charge on any atom is 0.226 e. The molecule has 0 aliphatic carbocycles. The van der Waals surface area contributed by atoms with Crippen LogP contribution in [-0.4, -0.2) is 28.9 Å². The van der Waals surface area contributed by atoms with Crippen molar-refractivity contribution in [2.75, 3.05) is 11.9 Å². The summed E-state index contributed by atoms with van der Waals surface area (Å²) < 4.78 is 5.10. The number of benzene rings is 1. The molecule has 28 heavy (non-hydrogen) atoms. The van der Waals surface area contributed by atoms with E-state index < -0.39 is 0 Å². The van der Waals surface area contributed by atoms with Crippen LogP contribution in [0.5, 0.6) is 0 Å². The van der Waals surface area contributed by atoms with Crippen molar-refractivity contribution in [3.63, 3.8) is 0 Å². The van der Waals surface area contributed by atoms with E-state index in [1.807, 2.05) is 45.0 Å². The number of amides is 1. The van der Waals surface area contributed by atoms with E-state index in [0.29, 0.717) is 17.7 Å². The summed E-state index contributed by atoms with van der Waals surface area (Å²) >= 11 is 0. The van der Waals surface area contributed by atoms with Crippen LogP contribution in [0.4, 0.5) is 5.69 Å². The number of rotatable bonds is 6. The lowest BCUT2D eigenvalue weighted by Gasteiger charge is -2.19. The molecule has 0 saturated heterocycles. The minimum absolute atomic E-state index is 0.0681. The number of anilines is 1. The van der Waals surface area contributed by atoms with Crippen LogP contribution in [0.3, 0.4) is 0 Å². The van der Waals surface area contributed by atoms with Gasteiger partial charge in [-0.05, 0) is 43.7 Å². The molecule has 0 atom stereocenters. The van der Waals surface area contributed by atoms with E-state index in [4.69, 9.17) is 4.52 Å². The Bertz CT molecular complexity index is 1010. The molecule has 0 aliphatic rings. The maximum atomic E-state index is 12.4. The lowest BCUT2D eigenvalue weighted by atomic mass is 10.0. The summed E-state index contributed by atoms with van der Waals surface area (Å²) in [5, 5.41) is 3.79. The average molecular weight is 377 g/mol. The number of carbonyl (C=O) groups is 2. The summed E-state index contributed by atoms with van der Waals surface area (Å²) in [6, 6.07) is 11.2. The van der Waals surface area contributed by atoms with Crippen LogP contribution in [0.1, 0.15) is 40.7 Å². The van der Waals surface area contributed by atoms with Crippen LogP contribution in [0.2, 0.25) is 0 Å². The van der Waals surface area contributed by atoms with Gasteiger partial charge in [0, 0.05) is 42.5 Å². The highest BCUT2D eigenvalue weighted by Gasteiger charge is 2.14. The first-order chi connectivity index (χ1) is 13.4.